The van der Waals surface area contributed by atoms with Gasteiger partial charge in [0.25, 0.3) is 5.82 Å². The fourth-order valence-corrected chi connectivity index (χ4v) is 5.50. The summed E-state index contributed by atoms with van der Waals surface area (Å²) < 4.78 is 5.12. The van der Waals surface area contributed by atoms with Crippen LogP contribution in [0.3, 0.4) is 0 Å². The van der Waals surface area contributed by atoms with E-state index < -0.39 is 0 Å². The van der Waals surface area contributed by atoms with Crippen molar-refractivity contribution >= 4 is 0 Å². The van der Waals surface area contributed by atoms with E-state index in [1.807, 2.05) is 0 Å². The zero-order valence-corrected chi connectivity index (χ0v) is 24.6. The lowest BCUT2D eigenvalue weighted by atomic mass is 10.0. The molecule has 0 aliphatic heterocycles. The summed E-state index contributed by atoms with van der Waals surface area (Å²) in [6, 6.07) is 0. The van der Waals surface area contributed by atoms with Crippen LogP contribution in [0.1, 0.15) is 181 Å². The standard InChI is InChI=1S/C33H65N2/c1-4-7-9-11-13-15-17-18-19-20-22-24-26-28-33-34(29-6-3)31-32-35(33)30-27-25-23-21-16-14-12-10-8-5-2/h31-32H,4-30H2,1-3H3/q+1. The molecule has 1 aromatic rings. The topological polar surface area (TPSA) is 8.81 Å². The highest BCUT2D eigenvalue weighted by Gasteiger charge is 2.15. The number of hydrogen-bond acceptors (Lipinski definition) is 0. The van der Waals surface area contributed by atoms with Crippen LogP contribution in [-0.2, 0) is 19.5 Å². The van der Waals surface area contributed by atoms with E-state index in [4.69, 9.17) is 0 Å². The van der Waals surface area contributed by atoms with Crippen LogP contribution in [0, 0.1) is 0 Å². The molecule has 0 atom stereocenters. The van der Waals surface area contributed by atoms with Gasteiger partial charge in [-0.2, -0.15) is 0 Å². The predicted molar refractivity (Wildman–Crippen MR) is 156 cm³/mol. The lowest BCUT2D eigenvalue weighted by molar-refractivity contribution is -0.703. The number of aryl methyl sites for hydroxylation is 2. The van der Waals surface area contributed by atoms with E-state index in [0.717, 1.165) is 0 Å². The summed E-state index contributed by atoms with van der Waals surface area (Å²) in [5.41, 5.74) is 0. The third-order valence-corrected chi connectivity index (χ3v) is 7.81. The van der Waals surface area contributed by atoms with Gasteiger partial charge in [-0.05, 0) is 25.7 Å². The first kappa shape index (κ1) is 32.2. The fourth-order valence-electron chi connectivity index (χ4n) is 5.50. The first-order valence-corrected chi connectivity index (χ1v) is 16.4. The Morgan fingerprint density at radius 1 is 0.486 bits per heavy atom. The van der Waals surface area contributed by atoms with Crippen LogP contribution in [0.4, 0.5) is 0 Å². The summed E-state index contributed by atoms with van der Waals surface area (Å²) in [5.74, 6) is 1.59. The third kappa shape index (κ3) is 18.2. The summed E-state index contributed by atoms with van der Waals surface area (Å²) in [7, 11) is 0. The molecule has 0 aromatic carbocycles. The van der Waals surface area contributed by atoms with Gasteiger partial charge in [0, 0.05) is 6.42 Å². The monoisotopic (exact) mass is 490 g/mol. The van der Waals surface area contributed by atoms with Crippen molar-refractivity contribution in [1.82, 2.24) is 4.57 Å². The number of unbranched alkanes of at least 4 members (excludes halogenated alkanes) is 21. The van der Waals surface area contributed by atoms with Gasteiger partial charge in [-0.15, -0.1) is 0 Å². The van der Waals surface area contributed by atoms with Gasteiger partial charge >= 0.3 is 0 Å². The first-order valence-electron chi connectivity index (χ1n) is 16.4. The van der Waals surface area contributed by atoms with Gasteiger partial charge in [0.05, 0.1) is 13.1 Å². The van der Waals surface area contributed by atoms with Crippen LogP contribution in [-0.4, -0.2) is 4.57 Å². The van der Waals surface area contributed by atoms with Crippen molar-refractivity contribution in [2.24, 2.45) is 0 Å². The van der Waals surface area contributed by atoms with Crippen LogP contribution >= 0.6 is 0 Å². The highest BCUT2D eigenvalue weighted by atomic mass is 15.1. The van der Waals surface area contributed by atoms with Crippen LogP contribution in [0.25, 0.3) is 0 Å². The second kappa shape index (κ2) is 24.9. The molecular formula is C33H65N2+. The Bertz CT molecular complexity index is 547. The molecule has 0 aliphatic rings. The second-order valence-electron chi connectivity index (χ2n) is 11.3. The molecule has 0 unspecified atom stereocenters. The lowest BCUT2D eigenvalue weighted by Gasteiger charge is -2.06. The number of hydrogen-bond donors (Lipinski definition) is 0. The Hall–Kier alpha value is -0.790. The molecule has 2 heteroatoms. The summed E-state index contributed by atoms with van der Waals surface area (Å²) in [6.45, 7) is 9.32. The van der Waals surface area contributed by atoms with Crippen molar-refractivity contribution in [1.29, 1.82) is 0 Å². The van der Waals surface area contributed by atoms with E-state index in [1.165, 1.54) is 174 Å². The quantitative estimate of drug-likeness (QED) is 0.0858. The van der Waals surface area contributed by atoms with E-state index >= 15 is 0 Å². The normalized spacial score (nSPS) is 11.5. The highest BCUT2D eigenvalue weighted by Crippen LogP contribution is 2.14. The van der Waals surface area contributed by atoms with Crippen molar-refractivity contribution in [2.45, 2.75) is 194 Å². The minimum atomic E-state index is 1.18. The number of nitrogens with zero attached hydrogens (tertiary/aromatic N) is 2. The van der Waals surface area contributed by atoms with Crippen molar-refractivity contribution in [2.75, 3.05) is 0 Å². The van der Waals surface area contributed by atoms with E-state index in [9.17, 15) is 0 Å². The molecule has 1 rings (SSSR count). The maximum absolute atomic E-state index is 2.58. The zero-order valence-electron chi connectivity index (χ0n) is 24.6. The maximum Gasteiger partial charge on any atom is 0.256 e. The Balaban J connectivity index is 2.10. The molecule has 0 bridgehead atoms. The molecular weight excluding hydrogens is 424 g/mol. The number of imidazole rings is 1. The SMILES string of the molecule is CCCCCCCCCCCCCCCc1n(CCCCCCCCCCCC)cc[n+]1CCC. The minimum Gasteiger partial charge on any atom is -0.234 e. The molecule has 2 nitrogen and oxygen atoms in total. The van der Waals surface area contributed by atoms with Crippen LogP contribution in [0.5, 0.6) is 0 Å². The average Bonchev–Trinajstić information content (AvgIpc) is 3.24. The summed E-state index contributed by atoms with van der Waals surface area (Å²) in [4.78, 5) is 0. The Morgan fingerprint density at radius 3 is 1.31 bits per heavy atom. The average molecular weight is 490 g/mol. The van der Waals surface area contributed by atoms with Crippen LogP contribution in [0.2, 0.25) is 0 Å². The molecule has 0 spiro atoms. The highest BCUT2D eigenvalue weighted by molar-refractivity contribution is 4.84. The molecule has 206 valence electrons. The Labute approximate surface area is 221 Å². The summed E-state index contributed by atoms with van der Waals surface area (Å²) in [5, 5.41) is 0. The third-order valence-electron chi connectivity index (χ3n) is 7.81. The maximum atomic E-state index is 2.58. The zero-order chi connectivity index (χ0) is 25.2. The van der Waals surface area contributed by atoms with E-state index in [-0.39, 0.29) is 0 Å². The number of aromatic nitrogens is 2. The van der Waals surface area contributed by atoms with Crippen LogP contribution < -0.4 is 4.57 Å². The minimum absolute atomic E-state index is 1.18. The van der Waals surface area contributed by atoms with Crippen molar-refractivity contribution in [3.05, 3.63) is 18.2 Å². The second-order valence-corrected chi connectivity index (χ2v) is 11.3. The largest absolute Gasteiger partial charge is 0.256 e. The van der Waals surface area contributed by atoms with E-state index in [0.29, 0.717) is 0 Å². The molecule has 1 heterocycles. The number of rotatable bonds is 27. The molecule has 0 aliphatic carbocycles. The first-order chi connectivity index (χ1) is 17.3. The van der Waals surface area contributed by atoms with Gasteiger partial charge < -0.3 is 0 Å². The lowest BCUT2D eigenvalue weighted by Crippen LogP contribution is -2.37. The molecule has 0 fully saturated rings. The fraction of sp³-hybridized carbons (Fsp3) is 0.909. The molecule has 0 N–H and O–H groups in total. The van der Waals surface area contributed by atoms with Crippen molar-refractivity contribution in [3.8, 4) is 0 Å². The summed E-state index contributed by atoms with van der Waals surface area (Å²) in [6.07, 6.45) is 40.1. The van der Waals surface area contributed by atoms with Crippen molar-refractivity contribution in [3.63, 3.8) is 0 Å². The predicted octanol–water partition coefficient (Wildman–Crippen LogP) is 10.7. The van der Waals surface area contributed by atoms with Crippen molar-refractivity contribution < 1.29 is 4.57 Å². The molecule has 35 heavy (non-hydrogen) atoms. The van der Waals surface area contributed by atoms with E-state index in [1.54, 1.807) is 5.82 Å². The van der Waals surface area contributed by atoms with Crippen LogP contribution in [0.15, 0.2) is 12.4 Å². The smallest absolute Gasteiger partial charge is 0.234 e. The molecule has 0 radical (unpaired) electrons. The molecule has 0 amide bonds. The Kier molecular flexibility index (Phi) is 22.9. The van der Waals surface area contributed by atoms with Gasteiger partial charge in [0.1, 0.15) is 12.4 Å². The van der Waals surface area contributed by atoms with Gasteiger partial charge in [-0.25, -0.2) is 9.13 Å². The molecule has 1 aromatic heterocycles. The molecule has 0 saturated heterocycles. The molecule has 0 saturated carbocycles. The Morgan fingerprint density at radius 2 is 0.886 bits per heavy atom. The van der Waals surface area contributed by atoms with Gasteiger partial charge in [0.2, 0.25) is 0 Å². The van der Waals surface area contributed by atoms with Gasteiger partial charge in [0.15, 0.2) is 0 Å². The van der Waals surface area contributed by atoms with Gasteiger partial charge in [-0.1, -0.05) is 149 Å². The van der Waals surface area contributed by atoms with Gasteiger partial charge in [-0.3, -0.25) is 0 Å². The summed E-state index contributed by atoms with van der Waals surface area (Å²) >= 11 is 0. The van der Waals surface area contributed by atoms with E-state index in [2.05, 4.69) is 42.3 Å².